The first-order chi connectivity index (χ1) is 8.56. The van der Waals surface area contributed by atoms with Gasteiger partial charge in [-0.15, -0.1) is 0 Å². The Hall–Kier alpha value is -0.850. The molecule has 0 spiro atoms. The minimum Gasteiger partial charge on any atom is -0.319 e. The van der Waals surface area contributed by atoms with Crippen LogP contribution in [0, 0.1) is 3.57 Å². The third-order valence-electron chi connectivity index (χ3n) is 2.13. The van der Waals surface area contributed by atoms with E-state index >= 15 is 0 Å². The van der Waals surface area contributed by atoms with Gasteiger partial charge in [0.15, 0.2) is 0 Å². The maximum atomic E-state index is 11.9. The van der Waals surface area contributed by atoms with Crippen molar-refractivity contribution in [2.24, 2.45) is 0 Å². The Morgan fingerprint density at radius 2 is 2.00 bits per heavy atom. The lowest BCUT2D eigenvalue weighted by Gasteiger charge is -2.07. The van der Waals surface area contributed by atoms with Crippen LogP contribution >= 0.6 is 45.8 Å². The summed E-state index contributed by atoms with van der Waals surface area (Å²) in [5.74, 6) is -0.347. The molecule has 0 aliphatic rings. The van der Waals surface area contributed by atoms with Gasteiger partial charge in [-0.2, -0.15) is 0 Å². The van der Waals surface area contributed by atoms with Crippen molar-refractivity contribution in [1.29, 1.82) is 0 Å². The van der Waals surface area contributed by atoms with Gasteiger partial charge >= 0.3 is 0 Å². The number of benzene rings is 1. The zero-order valence-electron chi connectivity index (χ0n) is 8.95. The minimum absolute atomic E-state index is 0.247. The quantitative estimate of drug-likeness (QED) is 0.776. The SMILES string of the molecule is O=C(Nc1ccc(I)cc1Cl)c1cc(Cl)ccn1. The highest BCUT2D eigenvalue weighted by Crippen LogP contribution is 2.24. The maximum absolute atomic E-state index is 11.9. The summed E-state index contributed by atoms with van der Waals surface area (Å²) in [5.41, 5.74) is 0.793. The normalized spacial score (nSPS) is 10.2. The monoisotopic (exact) mass is 392 g/mol. The van der Waals surface area contributed by atoms with E-state index in [1.165, 1.54) is 12.3 Å². The molecule has 2 aromatic rings. The second-order valence-corrected chi connectivity index (χ2v) is 5.53. The third kappa shape index (κ3) is 3.34. The van der Waals surface area contributed by atoms with Crippen LogP contribution in [0.4, 0.5) is 5.69 Å². The summed E-state index contributed by atoms with van der Waals surface area (Å²) in [6.45, 7) is 0. The Kier molecular flexibility index (Phi) is 4.42. The number of nitrogens with one attached hydrogen (secondary N) is 1. The van der Waals surface area contributed by atoms with E-state index in [1.807, 2.05) is 6.07 Å². The van der Waals surface area contributed by atoms with Crippen molar-refractivity contribution in [2.75, 3.05) is 5.32 Å². The van der Waals surface area contributed by atoms with Crippen LogP contribution in [0.2, 0.25) is 10.0 Å². The van der Waals surface area contributed by atoms with Crippen molar-refractivity contribution in [3.63, 3.8) is 0 Å². The van der Waals surface area contributed by atoms with E-state index in [-0.39, 0.29) is 11.6 Å². The molecular weight excluding hydrogens is 386 g/mol. The first-order valence-corrected chi connectivity index (χ1v) is 6.77. The number of carbonyl (C=O) groups excluding carboxylic acids is 1. The number of hydrogen-bond donors (Lipinski definition) is 1. The molecule has 0 saturated carbocycles. The minimum atomic E-state index is -0.347. The number of anilines is 1. The maximum Gasteiger partial charge on any atom is 0.274 e. The molecule has 92 valence electrons. The number of amides is 1. The molecule has 1 heterocycles. The smallest absolute Gasteiger partial charge is 0.274 e. The van der Waals surface area contributed by atoms with Crippen LogP contribution in [0.15, 0.2) is 36.5 Å². The molecule has 0 aliphatic heterocycles. The van der Waals surface area contributed by atoms with Gasteiger partial charge in [0.05, 0.1) is 10.7 Å². The number of nitrogens with zero attached hydrogens (tertiary/aromatic N) is 1. The van der Waals surface area contributed by atoms with Crippen molar-refractivity contribution in [2.45, 2.75) is 0 Å². The summed E-state index contributed by atoms with van der Waals surface area (Å²) in [4.78, 5) is 15.9. The molecule has 6 heteroatoms. The molecule has 0 aliphatic carbocycles. The second kappa shape index (κ2) is 5.86. The highest BCUT2D eigenvalue weighted by molar-refractivity contribution is 14.1. The van der Waals surface area contributed by atoms with E-state index in [0.717, 1.165) is 3.57 Å². The average Bonchev–Trinajstić information content (AvgIpc) is 2.32. The lowest BCUT2D eigenvalue weighted by atomic mass is 10.3. The highest BCUT2D eigenvalue weighted by Gasteiger charge is 2.10. The lowest BCUT2D eigenvalue weighted by Crippen LogP contribution is -2.13. The van der Waals surface area contributed by atoms with Crippen LogP contribution in [0.1, 0.15) is 10.5 Å². The molecule has 3 nitrogen and oxygen atoms in total. The fraction of sp³-hybridized carbons (Fsp3) is 0. The van der Waals surface area contributed by atoms with Gasteiger partial charge in [0, 0.05) is 14.8 Å². The Morgan fingerprint density at radius 1 is 1.22 bits per heavy atom. The largest absolute Gasteiger partial charge is 0.319 e. The van der Waals surface area contributed by atoms with Crippen LogP contribution in [-0.4, -0.2) is 10.9 Å². The van der Waals surface area contributed by atoms with Gasteiger partial charge in [-0.25, -0.2) is 0 Å². The van der Waals surface area contributed by atoms with Gasteiger partial charge in [-0.1, -0.05) is 23.2 Å². The number of carbonyl (C=O) groups is 1. The molecule has 0 radical (unpaired) electrons. The van der Waals surface area contributed by atoms with Crippen LogP contribution in [0.5, 0.6) is 0 Å². The molecule has 0 fully saturated rings. The van der Waals surface area contributed by atoms with Crippen molar-refractivity contribution in [3.05, 3.63) is 55.8 Å². The summed E-state index contributed by atoms with van der Waals surface area (Å²) in [6, 6.07) is 8.47. The van der Waals surface area contributed by atoms with Gasteiger partial charge in [-0.3, -0.25) is 9.78 Å². The topological polar surface area (TPSA) is 42.0 Å². The summed E-state index contributed by atoms with van der Waals surface area (Å²) in [5, 5.41) is 3.63. The number of pyridine rings is 1. The molecule has 0 bridgehead atoms. The predicted octanol–water partition coefficient (Wildman–Crippen LogP) is 4.25. The third-order valence-corrected chi connectivity index (χ3v) is 3.35. The van der Waals surface area contributed by atoms with Gasteiger partial charge in [0.1, 0.15) is 5.69 Å². The summed E-state index contributed by atoms with van der Waals surface area (Å²) >= 11 is 14.0. The summed E-state index contributed by atoms with van der Waals surface area (Å²) in [6.07, 6.45) is 1.48. The van der Waals surface area contributed by atoms with E-state index in [9.17, 15) is 4.79 Å². The van der Waals surface area contributed by atoms with E-state index in [2.05, 4.69) is 32.9 Å². The Morgan fingerprint density at radius 3 is 2.67 bits per heavy atom. The molecule has 0 atom stereocenters. The molecule has 1 aromatic carbocycles. The molecule has 18 heavy (non-hydrogen) atoms. The van der Waals surface area contributed by atoms with E-state index in [4.69, 9.17) is 23.2 Å². The molecule has 1 N–H and O–H groups in total. The first kappa shape index (κ1) is 13.6. The molecule has 1 aromatic heterocycles. The highest BCUT2D eigenvalue weighted by atomic mass is 127. The van der Waals surface area contributed by atoms with Crippen LogP contribution in [0.3, 0.4) is 0 Å². The Labute approximate surface area is 128 Å². The molecule has 1 amide bonds. The lowest BCUT2D eigenvalue weighted by molar-refractivity contribution is 0.102. The standard InChI is InChI=1S/C12H7Cl2IN2O/c13-7-3-4-16-11(5-7)12(18)17-10-2-1-8(15)6-9(10)14/h1-6H,(H,17,18). The number of aromatic nitrogens is 1. The van der Waals surface area contributed by atoms with E-state index < -0.39 is 0 Å². The first-order valence-electron chi connectivity index (χ1n) is 4.94. The summed E-state index contributed by atoms with van der Waals surface area (Å²) in [7, 11) is 0. The number of hydrogen-bond acceptors (Lipinski definition) is 2. The second-order valence-electron chi connectivity index (χ2n) is 3.44. The van der Waals surface area contributed by atoms with Crippen LogP contribution in [-0.2, 0) is 0 Å². The van der Waals surface area contributed by atoms with Gasteiger partial charge < -0.3 is 5.32 Å². The van der Waals surface area contributed by atoms with Crippen LogP contribution in [0.25, 0.3) is 0 Å². The molecule has 2 rings (SSSR count). The predicted molar refractivity (Wildman–Crippen MR) is 81.4 cm³/mol. The van der Waals surface area contributed by atoms with Crippen molar-refractivity contribution >= 4 is 57.4 Å². The van der Waals surface area contributed by atoms with Gasteiger partial charge in [0.25, 0.3) is 5.91 Å². The average molecular weight is 393 g/mol. The molecule has 0 unspecified atom stereocenters. The Bertz CT molecular complexity index is 604. The van der Waals surface area contributed by atoms with E-state index in [1.54, 1.807) is 18.2 Å². The van der Waals surface area contributed by atoms with E-state index in [0.29, 0.717) is 15.7 Å². The van der Waals surface area contributed by atoms with Crippen LogP contribution < -0.4 is 5.32 Å². The van der Waals surface area contributed by atoms with Crippen molar-refractivity contribution < 1.29 is 4.79 Å². The van der Waals surface area contributed by atoms with Crippen molar-refractivity contribution in [1.82, 2.24) is 4.98 Å². The summed E-state index contributed by atoms with van der Waals surface area (Å²) < 4.78 is 0.997. The zero-order chi connectivity index (χ0) is 13.1. The van der Waals surface area contributed by atoms with Crippen molar-refractivity contribution in [3.8, 4) is 0 Å². The molecule has 0 saturated heterocycles. The molecular formula is C12H7Cl2IN2O. The van der Waals surface area contributed by atoms with Gasteiger partial charge in [-0.05, 0) is 52.9 Å². The zero-order valence-corrected chi connectivity index (χ0v) is 12.6. The number of rotatable bonds is 2. The fourth-order valence-corrected chi connectivity index (χ4v) is 2.37. The Balaban J connectivity index is 2.21. The number of halogens is 3. The fourth-order valence-electron chi connectivity index (χ4n) is 1.31. The van der Waals surface area contributed by atoms with Gasteiger partial charge in [0.2, 0.25) is 0 Å².